The van der Waals surface area contributed by atoms with Gasteiger partial charge in [-0.15, -0.1) is 0 Å². The molecular formula is C32H35N7O4S. The van der Waals surface area contributed by atoms with Crippen LogP contribution in [0.3, 0.4) is 0 Å². The average Bonchev–Trinajstić information content (AvgIpc) is 3.45. The first-order valence-corrected chi connectivity index (χ1v) is 14.5. The number of benzene rings is 3. The molecule has 44 heavy (non-hydrogen) atoms. The van der Waals surface area contributed by atoms with Gasteiger partial charge in [-0.1, -0.05) is 18.2 Å². The molecule has 0 radical (unpaired) electrons. The minimum atomic E-state index is -0.252. The molecule has 11 nitrogen and oxygen atoms in total. The molecule has 5 N–H and O–H groups in total. The smallest absolute Gasteiger partial charge is 0.267 e. The Bertz CT molecular complexity index is 1900. The van der Waals surface area contributed by atoms with Crippen molar-refractivity contribution < 1.29 is 19.1 Å². The number of hydrogen-bond donors (Lipinski definition) is 4. The number of hydrogen-bond acceptors (Lipinski definition) is 8. The number of fused-ring (bicyclic) bond motifs is 2. The van der Waals surface area contributed by atoms with Gasteiger partial charge < -0.3 is 40.3 Å². The maximum atomic E-state index is 13.0. The molecule has 0 aliphatic rings. The number of nitrogens with two attached hydrogens (primary N) is 1. The van der Waals surface area contributed by atoms with Crippen LogP contribution in [0.1, 0.15) is 20.8 Å². The minimum Gasteiger partial charge on any atom is -0.493 e. The number of methoxy groups -OCH3 is 2. The summed E-state index contributed by atoms with van der Waals surface area (Å²) in [6.45, 7) is 1.98. The highest BCUT2D eigenvalue weighted by Gasteiger charge is 2.14. The van der Waals surface area contributed by atoms with E-state index in [2.05, 4.69) is 20.6 Å². The van der Waals surface area contributed by atoms with Gasteiger partial charge in [0.05, 0.1) is 19.7 Å². The zero-order valence-corrected chi connectivity index (χ0v) is 25.9. The van der Waals surface area contributed by atoms with E-state index in [1.165, 1.54) is 0 Å². The van der Waals surface area contributed by atoms with E-state index in [4.69, 9.17) is 27.4 Å². The molecular weight excluding hydrogens is 578 g/mol. The van der Waals surface area contributed by atoms with Gasteiger partial charge in [-0.3, -0.25) is 9.59 Å². The van der Waals surface area contributed by atoms with Crippen LogP contribution in [0.4, 0.5) is 5.82 Å². The average molecular weight is 614 g/mol. The lowest BCUT2D eigenvalue weighted by molar-refractivity contribution is 0.0941. The van der Waals surface area contributed by atoms with E-state index in [0.717, 1.165) is 28.6 Å². The van der Waals surface area contributed by atoms with Gasteiger partial charge in [0.1, 0.15) is 11.5 Å². The number of likely N-dealkylation sites (N-methyl/N-ethyl adjacent to an activating group) is 1. The van der Waals surface area contributed by atoms with Crippen molar-refractivity contribution in [1.82, 2.24) is 30.1 Å². The standard InChI is InChI=1S/C32H35N7O4S/c1-38(2)13-11-34-30(40)20-7-5-19(6-8-20)21-9-10-24-22(15-21)16-26(36-24)31(41)35-12-14-39-29(33)23-17-27(42-3)28(43-4)18-25(23)37-32(39)44/h5-10,15-18,36H,11-14,33H2,1-4H3,(H,34,40)(H,35,41). The SMILES string of the molecule is COc1cc2nc(=S)n(CCNC(=O)c3cc4cc(-c5ccc(C(=O)NCCN(C)C)cc5)ccc4[nH]3)c(N)c2cc1OC. The molecule has 12 heteroatoms. The number of anilines is 1. The molecule has 2 heterocycles. The Morgan fingerprint density at radius 3 is 2.32 bits per heavy atom. The quantitative estimate of drug-likeness (QED) is 0.162. The van der Waals surface area contributed by atoms with Crippen LogP contribution >= 0.6 is 12.2 Å². The van der Waals surface area contributed by atoms with Gasteiger partial charge in [-0.05, 0) is 73.8 Å². The Hall–Kier alpha value is -4.94. The fourth-order valence-corrected chi connectivity index (χ4v) is 5.20. The number of rotatable bonds is 11. The number of ether oxygens (including phenoxy) is 2. The Morgan fingerprint density at radius 2 is 1.61 bits per heavy atom. The lowest BCUT2D eigenvalue weighted by atomic mass is 10.0. The van der Waals surface area contributed by atoms with Crippen LogP contribution in [0.2, 0.25) is 0 Å². The Morgan fingerprint density at radius 1 is 0.932 bits per heavy atom. The van der Waals surface area contributed by atoms with E-state index in [-0.39, 0.29) is 18.4 Å². The first-order chi connectivity index (χ1) is 21.2. The fraction of sp³-hybridized carbons (Fsp3) is 0.250. The van der Waals surface area contributed by atoms with E-state index in [9.17, 15) is 9.59 Å². The Balaban J connectivity index is 1.25. The molecule has 0 saturated heterocycles. The summed E-state index contributed by atoms with van der Waals surface area (Å²) in [6.07, 6.45) is 0. The molecule has 0 spiro atoms. The summed E-state index contributed by atoms with van der Waals surface area (Å²) >= 11 is 5.48. The second-order valence-corrected chi connectivity index (χ2v) is 10.9. The molecule has 0 atom stereocenters. The van der Waals surface area contributed by atoms with Gasteiger partial charge in [0.15, 0.2) is 11.5 Å². The minimum absolute atomic E-state index is 0.0991. The summed E-state index contributed by atoms with van der Waals surface area (Å²) in [4.78, 5) is 35.1. The number of carbonyl (C=O) groups is 2. The van der Waals surface area contributed by atoms with Gasteiger partial charge in [-0.25, -0.2) is 4.98 Å². The molecule has 0 fully saturated rings. The van der Waals surface area contributed by atoms with Crippen molar-refractivity contribution in [3.8, 4) is 22.6 Å². The van der Waals surface area contributed by atoms with Crippen molar-refractivity contribution in [3.63, 3.8) is 0 Å². The monoisotopic (exact) mass is 613 g/mol. The van der Waals surface area contributed by atoms with Crippen molar-refractivity contribution in [3.05, 3.63) is 76.7 Å². The first-order valence-electron chi connectivity index (χ1n) is 14.0. The summed E-state index contributed by atoms with van der Waals surface area (Å²) in [6, 6.07) is 18.7. The molecule has 0 saturated carbocycles. The maximum absolute atomic E-state index is 13.0. The molecule has 2 amide bonds. The number of aromatic nitrogens is 3. The molecule has 228 valence electrons. The van der Waals surface area contributed by atoms with Crippen LogP contribution in [0, 0.1) is 4.77 Å². The second-order valence-electron chi connectivity index (χ2n) is 10.5. The van der Waals surface area contributed by atoms with Gasteiger partial charge in [-0.2, -0.15) is 0 Å². The maximum Gasteiger partial charge on any atom is 0.267 e. The molecule has 0 aliphatic carbocycles. The van der Waals surface area contributed by atoms with Crippen molar-refractivity contribution in [1.29, 1.82) is 0 Å². The normalized spacial score (nSPS) is 11.2. The molecule has 3 aromatic carbocycles. The molecule has 0 unspecified atom stereocenters. The van der Waals surface area contributed by atoms with Crippen LogP contribution in [0.15, 0.2) is 60.7 Å². The van der Waals surface area contributed by atoms with Crippen LogP contribution in [-0.4, -0.2) is 79.2 Å². The topological polar surface area (TPSA) is 140 Å². The zero-order valence-electron chi connectivity index (χ0n) is 25.1. The summed E-state index contributed by atoms with van der Waals surface area (Å²) in [5.41, 5.74) is 10.9. The number of carbonyl (C=O) groups excluding carboxylic acids is 2. The molecule has 2 aromatic heterocycles. The molecule has 5 rings (SSSR count). The van der Waals surface area contributed by atoms with Gasteiger partial charge >= 0.3 is 0 Å². The van der Waals surface area contributed by atoms with Gasteiger partial charge in [0.2, 0.25) is 4.77 Å². The summed E-state index contributed by atoms with van der Waals surface area (Å²) in [5, 5.41) is 7.42. The lowest BCUT2D eigenvalue weighted by Gasteiger charge is -2.15. The van der Waals surface area contributed by atoms with E-state index >= 15 is 0 Å². The number of aromatic amines is 1. The highest BCUT2D eigenvalue weighted by molar-refractivity contribution is 7.71. The third-order valence-corrected chi connectivity index (χ3v) is 7.64. The Kier molecular flexibility index (Phi) is 9.12. The second kappa shape index (κ2) is 13.1. The van der Waals surface area contributed by atoms with E-state index in [0.29, 0.717) is 57.3 Å². The largest absolute Gasteiger partial charge is 0.493 e. The highest BCUT2D eigenvalue weighted by atomic mass is 32.1. The molecule has 0 aliphatic heterocycles. The van der Waals surface area contributed by atoms with E-state index in [1.54, 1.807) is 30.9 Å². The predicted octanol–water partition coefficient (Wildman–Crippen LogP) is 4.23. The summed E-state index contributed by atoms with van der Waals surface area (Å²) in [7, 11) is 7.03. The van der Waals surface area contributed by atoms with Crippen molar-refractivity contribution in [2.45, 2.75) is 6.54 Å². The third kappa shape index (κ3) is 6.51. The van der Waals surface area contributed by atoms with E-state index in [1.807, 2.05) is 67.5 Å². The molecule has 0 bridgehead atoms. The van der Waals surface area contributed by atoms with Crippen molar-refractivity contribution in [2.24, 2.45) is 0 Å². The van der Waals surface area contributed by atoms with Crippen LogP contribution in [0.5, 0.6) is 11.5 Å². The molecule has 5 aromatic rings. The third-order valence-electron chi connectivity index (χ3n) is 7.33. The zero-order chi connectivity index (χ0) is 31.4. The summed E-state index contributed by atoms with van der Waals surface area (Å²) < 4.78 is 12.7. The fourth-order valence-electron chi connectivity index (χ4n) is 4.91. The van der Waals surface area contributed by atoms with E-state index < -0.39 is 0 Å². The van der Waals surface area contributed by atoms with Gasteiger partial charge in [0.25, 0.3) is 11.8 Å². The highest BCUT2D eigenvalue weighted by Crippen LogP contribution is 2.33. The summed E-state index contributed by atoms with van der Waals surface area (Å²) in [5.74, 6) is 1.13. The number of H-pyrrole nitrogens is 1. The number of nitrogen functional groups attached to an aromatic ring is 1. The van der Waals surface area contributed by atoms with Crippen molar-refractivity contribution in [2.75, 3.05) is 53.7 Å². The van der Waals surface area contributed by atoms with Crippen LogP contribution < -0.4 is 25.8 Å². The van der Waals surface area contributed by atoms with Crippen LogP contribution in [0.25, 0.3) is 32.9 Å². The lowest BCUT2D eigenvalue weighted by Crippen LogP contribution is -2.31. The Labute approximate surface area is 260 Å². The van der Waals surface area contributed by atoms with Gasteiger partial charge in [0, 0.05) is 54.1 Å². The van der Waals surface area contributed by atoms with Crippen molar-refractivity contribution >= 4 is 51.7 Å². The number of amides is 2. The van der Waals surface area contributed by atoms with Crippen LogP contribution in [-0.2, 0) is 6.54 Å². The number of nitrogens with one attached hydrogen (secondary N) is 3. The first kappa shape index (κ1) is 30.5. The predicted molar refractivity (Wildman–Crippen MR) is 175 cm³/mol. The number of nitrogens with zero attached hydrogens (tertiary/aromatic N) is 3.